The summed E-state index contributed by atoms with van der Waals surface area (Å²) >= 11 is 1.86. The Hall–Kier alpha value is -3.96. The number of hydrogen-bond donors (Lipinski definition) is 0. The summed E-state index contributed by atoms with van der Waals surface area (Å²) in [6.45, 7) is 0.0334. The van der Waals surface area contributed by atoms with E-state index in [0.29, 0.717) is 0 Å². The first-order chi connectivity index (χ1) is 16.4. The average molecular weight is 440 g/mol. The molecular formula is C28H17BN2OS. The number of anilines is 4. The molecule has 2 aliphatic rings. The molecule has 0 saturated carbocycles. The second-order valence-corrected chi connectivity index (χ2v) is 9.69. The van der Waals surface area contributed by atoms with E-state index in [1.807, 2.05) is 11.3 Å². The molecule has 0 unspecified atom stereocenters. The van der Waals surface area contributed by atoms with E-state index in [4.69, 9.17) is 4.42 Å². The van der Waals surface area contributed by atoms with Crippen LogP contribution in [0, 0.1) is 0 Å². The van der Waals surface area contributed by atoms with Crippen LogP contribution in [0.25, 0.3) is 31.5 Å². The summed E-state index contributed by atoms with van der Waals surface area (Å²) in [4.78, 5) is 4.91. The molecule has 0 bridgehead atoms. The van der Waals surface area contributed by atoms with Gasteiger partial charge in [-0.15, -0.1) is 11.3 Å². The summed E-state index contributed by atoms with van der Waals surface area (Å²) in [6.07, 6.45) is 1.80. The molecule has 2 aromatic heterocycles. The molecule has 2 aliphatic heterocycles. The fraction of sp³-hybridized carbons (Fsp3) is 0. The normalized spacial score (nSPS) is 13.9. The number of nitrogens with zero attached hydrogens (tertiary/aromatic N) is 2. The van der Waals surface area contributed by atoms with Crippen molar-refractivity contribution in [1.82, 2.24) is 0 Å². The maximum atomic E-state index is 5.98. The third-order valence-electron chi connectivity index (χ3n) is 6.92. The van der Waals surface area contributed by atoms with Gasteiger partial charge in [0.1, 0.15) is 0 Å². The Labute approximate surface area is 195 Å². The van der Waals surface area contributed by atoms with Crippen molar-refractivity contribution in [3.63, 3.8) is 0 Å². The third kappa shape index (κ3) is 2.25. The van der Waals surface area contributed by atoms with E-state index in [-0.39, 0.29) is 6.98 Å². The monoisotopic (exact) mass is 440 g/mol. The van der Waals surface area contributed by atoms with E-state index in [1.54, 1.807) is 6.26 Å². The minimum Gasteiger partial charge on any atom is -0.462 e. The molecule has 4 heterocycles. The maximum Gasteiger partial charge on any atom is 0.421 e. The van der Waals surface area contributed by atoms with Crippen LogP contribution in [0.4, 0.5) is 22.7 Å². The number of thiophene rings is 1. The topological polar surface area (TPSA) is 19.6 Å². The number of benzene rings is 4. The van der Waals surface area contributed by atoms with Crippen LogP contribution in [0.2, 0.25) is 0 Å². The highest BCUT2D eigenvalue weighted by molar-refractivity contribution is 7.25. The average Bonchev–Trinajstić information content (AvgIpc) is 3.57. The smallest absolute Gasteiger partial charge is 0.421 e. The quantitative estimate of drug-likeness (QED) is 0.250. The van der Waals surface area contributed by atoms with Gasteiger partial charge in [0, 0.05) is 31.4 Å². The molecule has 0 fully saturated rings. The number of rotatable bonds is 1. The van der Waals surface area contributed by atoms with Gasteiger partial charge in [-0.1, -0.05) is 54.6 Å². The fourth-order valence-corrected chi connectivity index (χ4v) is 6.64. The standard InChI is InChI=1S/C28H17BN2OS/c1-3-9-22-20(8-1)28-25(15-16-32-28)31-24-11-5-4-10-23(24)30(29(22)31)18-13-14-27-21(17-18)19-7-2-6-12-26(19)33-27/h1-17H. The SMILES string of the molecule is c1ccc2c(c1)B1N(c3ccc4sc5ccccc5c4c3)c3ccccc3N1c1ccoc1-2. The molecule has 0 radical (unpaired) electrons. The van der Waals surface area contributed by atoms with Crippen molar-refractivity contribution in [2.75, 3.05) is 9.62 Å². The van der Waals surface area contributed by atoms with Gasteiger partial charge >= 0.3 is 6.98 Å². The molecule has 154 valence electrons. The summed E-state index contributed by atoms with van der Waals surface area (Å²) in [5.41, 5.74) is 7.16. The Morgan fingerprint density at radius 2 is 1.39 bits per heavy atom. The van der Waals surface area contributed by atoms with Crippen molar-refractivity contribution in [1.29, 1.82) is 0 Å². The molecule has 3 nitrogen and oxygen atoms in total. The zero-order valence-corrected chi connectivity index (χ0v) is 18.4. The molecule has 0 atom stereocenters. The second kappa shape index (κ2) is 6.30. The highest BCUT2D eigenvalue weighted by Crippen LogP contribution is 2.51. The molecule has 0 N–H and O–H groups in total. The molecule has 0 aliphatic carbocycles. The zero-order valence-electron chi connectivity index (χ0n) is 17.6. The van der Waals surface area contributed by atoms with E-state index < -0.39 is 0 Å². The Bertz CT molecular complexity index is 1720. The van der Waals surface area contributed by atoms with Gasteiger partial charge in [-0.25, -0.2) is 0 Å². The summed E-state index contributed by atoms with van der Waals surface area (Å²) in [5, 5.41) is 2.64. The zero-order chi connectivity index (χ0) is 21.5. The molecule has 0 spiro atoms. The van der Waals surface area contributed by atoms with Crippen molar-refractivity contribution in [2.45, 2.75) is 0 Å². The Morgan fingerprint density at radius 1 is 0.636 bits per heavy atom. The molecule has 4 aromatic carbocycles. The van der Waals surface area contributed by atoms with Crippen molar-refractivity contribution >= 4 is 66.7 Å². The first-order valence-electron chi connectivity index (χ1n) is 11.1. The lowest BCUT2D eigenvalue weighted by Crippen LogP contribution is -2.55. The van der Waals surface area contributed by atoms with E-state index in [2.05, 4.69) is 107 Å². The van der Waals surface area contributed by atoms with Crippen LogP contribution in [0.1, 0.15) is 0 Å². The maximum absolute atomic E-state index is 5.98. The predicted molar refractivity (Wildman–Crippen MR) is 140 cm³/mol. The molecular weight excluding hydrogens is 423 g/mol. The van der Waals surface area contributed by atoms with E-state index in [0.717, 1.165) is 11.4 Å². The largest absolute Gasteiger partial charge is 0.462 e. The van der Waals surface area contributed by atoms with Crippen LogP contribution < -0.4 is 15.1 Å². The molecule has 5 heteroatoms. The summed E-state index contributed by atoms with van der Waals surface area (Å²) < 4.78 is 8.64. The van der Waals surface area contributed by atoms with Crippen LogP contribution >= 0.6 is 11.3 Å². The summed E-state index contributed by atoms with van der Waals surface area (Å²) in [5.74, 6) is 0.942. The predicted octanol–water partition coefficient (Wildman–Crippen LogP) is 7.31. The summed E-state index contributed by atoms with van der Waals surface area (Å²) in [6, 6.07) is 35.0. The Morgan fingerprint density at radius 3 is 2.33 bits per heavy atom. The van der Waals surface area contributed by atoms with E-state index >= 15 is 0 Å². The Kier molecular flexibility index (Phi) is 3.36. The van der Waals surface area contributed by atoms with Crippen molar-refractivity contribution in [3.05, 3.63) is 103 Å². The van der Waals surface area contributed by atoms with Gasteiger partial charge in [0.15, 0.2) is 5.76 Å². The van der Waals surface area contributed by atoms with Gasteiger partial charge in [0.25, 0.3) is 0 Å². The van der Waals surface area contributed by atoms with Crippen LogP contribution in [-0.4, -0.2) is 6.98 Å². The Balaban J connectivity index is 1.42. The van der Waals surface area contributed by atoms with Crippen LogP contribution in [0.15, 0.2) is 108 Å². The van der Waals surface area contributed by atoms with Gasteiger partial charge in [-0.3, -0.25) is 0 Å². The van der Waals surface area contributed by atoms with Gasteiger partial charge in [-0.05, 0) is 47.9 Å². The van der Waals surface area contributed by atoms with Crippen LogP contribution in [-0.2, 0) is 0 Å². The number of fused-ring (bicyclic) bond motifs is 11. The van der Waals surface area contributed by atoms with Crippen molar-refractivity contribution in [3.8, 4) is 11.3 Å². The lowest BCUT2D eigenvalue weighted by Gasteiger charge is -2.34. The summed E-state index contributed by atoms with van der Waals surface area (Å²) in [7, 11) is 0. The van der Waals surface area contributed by atoms with Gasteiger partial charge in [0.2, 0.25) is 0 Å². The first kappa shape index (κ1) is 17.6. The first-order valence-corrected chi connectivity index (χ1v) is 12.0. The highest BCUT2D eigenvalue weighted by atomic mass is 32.1. The van der Waals surface area contributed by atoms with Gasteiger partial charge in [-0.2, -0.15) is 0 Å². The van der Waals surface area contributed by atoms with E-state index in [1.165, 1.54) is 48.3 Å². The molecule has 6 aromatic rings. The highest BCUT2D eigenvalue weighted by Gasteiger charge is 2.48. The molecule has 0 saturated heterocycles. The molecule has 0 amide bonds. The van der Waals surface area contributed by atoms with Crippen molar-refractivity contribution in [2.24, 2.45) is 0 Å². The third-order valence-corrected chi connectivity index (χ3v) is 8.07. The van der Waals surface area contributed by atoms with Gasteiger partial charge < -0.3 is 14.0 Å². The minimum absolute atomic E-state index is 0.0334. The minimum atomic E-state index is 0.0334. The van der Waals surface area contributed by atoms with Crippen LogP contribution in [0.3, 0.4) is 0 Å². The van der Waals surface area contributed by atoms with E-state index in [9.17, 15) is 0 Å². The molecule has 33 heavy (non-hydrogen) atoms. The molecule has 8 rings (SSSR count). The van der Waals surface area contributed by atoms with Crippen LogP contribution in [0.5, 0.6) is 0 Å². The number of hydrogen-bond acceptors (Lipinski definition) is 4. The lowest BCUT2D eigenvalue weighted by molar-refractivity contribution is 0.583. The number of para-hydroxylation sites is 2. The van der Waals surface area contributed by atoms with Gasteiger partial charge in [0.05, 0.1) is 23.3 Å². The van der Waals surface area contributed by atoms with Crippen molar-refractivity contribution < 1.29 is 4.42 Å². The fourth-order valence-electron chi connectivity index (χ4n) is 5.56. The lowest BCUT2D eigenvalue weighted by atomic mass is 9.60. The second-order valence-electron chi connectivity index (χ2n) is 8.60. The number of furan rings is 1.